The number of piperidine rings is 1. The smallest absolute Gasteiger partial charge is 0.234 e. The van der Waals surface area contributed by atoms with Gasteiger partial charge in [-0.2, -0.15) is 0 Å². The third-order valence-electron chi connectivity index (χ3n) is 4.87. The van der Waals surface area contributed by atoms with Crippen molar-refractivity contribution in [1.82, 2.24) is 20.4 Å². The highest BCUT2D eigenvalue weighted by atomic mass is 16.5. The monoisotopic (exact) mass is 340 g/mol. The zero-order valence-electron chi connectivity index (χ0n) is 15.3. The molecule has 7 heteroatoms. The Morgan fingerprint density at radius 3 is 2.58 bits per heavy atom. The summed E-state index contributed by atoms with van der Waals surface area (Å²) < 4.78 is 5.39. The van der Waals surface area contributed by atoms with Crippen molar-refractivity contribution in [3.63, 3.8) is 0 Å². The van der Waals surface area contributed by atoms with Crippen LogP contribution in [0.4, 0.5) is 0 Å². The SMILES string of the molecule is CC(=O)NC1CCCN(CC(=O)NCC(C)(C)N2CCOCC2)C1. The van der Waals surface area contributed by atoms with E-state index in [1.807, 2.05) is 0 Å². The average molecular weight is 340 g/mol. The number of carbonyl (C=O) groups is 2. The van der Waals surface area contributed by atoms with Crippen molar-refractivity contribution < 1.29 is 14.3 Å². The third kappa shape index (κ3) is 6.03. The Hall–Kier alpha value is -1.18. The van der Waals surface area contributed by atoms with Crippen LogP contribution in [0.25, 0.3) is 0 Å². The maximum Gasteiger partial charge on any atom is 0.234 e. The lowest BCUT2D eigenvalue weighted by Crippen LogP contribution is -2.56. The Balaban J connectivity index is 1.73. The third-order valence-corrected chi connectivity index (χ3v) is 4.87. The van der Waals surface area contributed by atoms with Crippen molar-refractivity contribution in [2.45, 2.75) is 45.2 Å². The van der Waals surface area contributed by atoms with Crippen LogP contribution in [0.1, 0.15) is 33.6 Å². The summed E-state index contributed by atoms with van der Waals surface area (Å²) in [6.45, 7) is 11.9. The normalized spacial score (nSPS) is 23.7. The Morgan fingerprint density at radius 1 is 1.21 bits per heavy atom. The lowest BCUT2D eigenvalue weighted by molar-refractivity contribution is -0.123. The highest BCUT2D eigenvalue weighted by Crippen LogP contribution is 2.15. The summed E-state index contributed by atoms with van der Waals surface area (Å²) in [7, 11) is 0. The van der Waals surface area contributed by atoms with Crippen LogP contribution in [-0.4, -0.2) is 85.7 Å². The molecule has 2 saturated heterocycles. The van der Waals surface area contributed by atoms with Crippen molar-refractivity contribution in [2.24, 2.45) is 0 Å². The molecule has 2 amide bonds. The van der Waals surface area contributed by atoms with E-state index in [1.165, 1.54) is 0 Å². The van der Waals surface area contributed by atoms with Gasteiger partial charge in [0.25, 0.3) is 0 Å². The van der Waals surface area contributed by atoms with Crippen molar-refractivity contribution in [3.05, 3.63) is 0 Å². The second-order valence-electron chi connectivity index (χ2n) is 7.46. The number of likely N-dealkylation sites (tertiary alicyclic amines) is 1. The van der Waals surface area contributed by atoms with Gasteiger partial charge in [0.05, 0.1) is 19.8 Å². The molecule has 0 aromatic carbocycles. The van der Waals surface area contributed by atoms with Gasteiger partial charge in [-0.25, -0.2) is 0 Å². The molecule has 0 radical (unpaired) electrons. The molecular formula is C17H32N4O3. The van der Waals surface area contributed by atoms with Crippen LogP contribution in [0, 0.1) is 0 Å². The van der Waals surface area contributed by atoms with Gasteiger partial charge in [-0.15, -0.1) is 0 Å². The number of nitrogens with zero attached hydrogens (tertiary/aromatic N) is 2. The first kappa shape index (κ1) is 19.1. The molecule has 2 aliphatic heterocycles. The fraction of sp³-hybridized carbons (Fsp3) is 0.882. The highest BCUT2D eigenvalue weighted by Gasteiger charge is 2.29. The molecule has 2 N–H and O–H groups in total. The van der Waals surface area contributed by atoms with E-state index in [1.54, 1.807) is 6.92 Å². The molecule has 2 aliphatic rings. The number of nitrogens with one attached hydrogen (secondary N) is 2. The Labute approximate surface area is 145 Å². The minimum Gasteiger partial charge on any atom is -0.379 e. The number of hydrogen-bond acceptors (Lipinski definition) is 5. The summed E-state index contributed by atoms with van der Waals surface area (Å²) in [6.07, 6.45) is 2.00. The lowest BCUT2D eigenvalue weighted by atomic mass is 10.0. The zero-order valence-corrected chi connectivity index (χ0v) is 15.3. The fourth-order valence-electron chi connectivity index (χ4n) is 3.46. The van der Waals surface area contributed by atoms with Gasteiger partial charge in [-0.1, -0.05) is 0 Å². The fourth-order valence-corrected chi connectivity index (χ4v) is 3.46. The molecule has 0 saturated carbocycles. The van der Waals surface area contributed by atoms with Crippen LogP contribution < -0.4 is 10.6 Å². The van der Waals surface area contributed by atoms with Crippen LogP contribution >= 0.6 is 0 Å². The molecular weight excluding hydrogens is 308 g/mol. The van der Waals surface area contributed by atoms with Crippen LogP contribution in [0.3, 0.4) is 0 Å². The number of amides is 2. The molecule has 2 rings (SSSR count). The van der Waals surface area contributed by atoms with E-state index in [2.05, 4.69) is 34.3 Å². The zero-order chi connectivity index (χ0) is 17.6. The van der Waals surface area contributed by atoms with Gasteiger partial charge in [0.1, 0.15) is 0 Å². The van der Waals surface area contributed by atoms with Gasteiger partial charge >= 0.3 is 0 Å². The summed E-state index contributed by atoms with van der Waals surface area (Å²) in [5.74, 6) is 0.0540. The van der Waals surface area contributed by atoms with E-state index in [-0.39, 0.29) is 23.4 Å². The first-order chi connectivity index (χ1) is 11.4. The van der Waals surface area contributed by atoms with E-state index >= 15 is 0 Å². The minimum atomic E-state index is -0.0694. The van der Waals surface area contributed by atoms with Crippen LogP contribution in [0.5, 0.6) is 0 Å². The molecule has 7 nitrogen and oxygen atoms in total. The average Bonchev–Trinajstić information content (AvgIpc) is 2.54. The van der Waals surface area contributed by atoms with Crippen molar-refractivity contribution in [2.75, 3.05) is 52.5 Å². The second kappa shape index (κ2) is 8.78. The number of hydrogen-bond donors (Lipinski definition) is 2. The first-order valence-corrected chi connectivity index (χ1v) is 8.96. The summed E-state index contributed by atoms with van der Waals surface area (Å²) in [5, 5.41) is 6.03. The molecule has 0 aromatic rings. The predicted molar refractivity (Wildman–Crippen MR) is 92.8 cm³/mol. The second-order valence-corrected chi connectivity index (χ2v) is 7.46. The topological polar surface area (TPSA) is 73.9 Å². The quantitative estimate of drug-likeness (QED) is 0.701. The minimum absolute atomic E-state index is 0.00133. The van der Waals surface area contributed by atoms with E-state index in [0.717, 1.165) is 52.2 Å². The van der Waals surface area contributed by atoms with Gasteiger partial charge in [0.2, 0.25) is 11.8 Å². The molecule has 0 spiro atoms. The van der Waals surface area contributed by atoms with Gasteiger partial charge in [-0.05, 0) is 33.2 Å². The molecule has 0 aliphatic carbocycles. The van der Waals surface area contributed by atoms with E-state index in [4.69, 9.17) is 4.74 Å². The van der Waals surface area contributed by atoms with Crippen LogP contribution in [-0.2, 0) is 14.3 Å². The van der Waals surface area contributed by atoms with E-state index in [0.29, 0.717) is 13.1 Å². The molecule has 0 bridgehead atoms. The molecule has 24 heavy (non-hydrogen) atoms. The predicted octanol–water partition coefficient (Wildman–Crippen LogP) is -0.186. The molecule has 1 atom stereocenters. The van der Waals surface area contributed by atoms with Crippen LogP contribution in [0.2, 0.25) is 0 Å². The molecule has 0 aromatic heterocycles. The number of ether oxygens (including phenoxy) is 1. The van der Waals surface area contributed by atoms with E-state index < -0.39 is 0 Å². The summed E-state index contributed by atoms with van der Waals surface area (Å²) in [6, 6.07) is 0.161. The number of rotatable bonds is 6. The van der Waals surface area contributed by atoms with Gasteiger partial charge < -0.3 is 15.4 Å². The number of carbonyl (C=O) groups excluding carboxylic acids is 2. The number of morpholine rings is 1. The molecule has 1 unspecified atom stereocenters. The Morgan fingerprint density at radius 2 is 1.92 bits per heavy atom. The van der Waals surface area contributed by atoms with Gasteiger partial charge in [-0.3, -0.25) is 19.4 Å². The largest absolute Gasteiger partial charge is 0.379 e. The summed E-state index contributed by atoms with van der Waals surface area (Å²) in [4.78, 5) is 28.0. The van der Waals surface area contributed by atoms with Crippen molar-refractivity contribution >= 4 is 11.8 Å². The highest BCUT2D eigenvalue weighted by molar-refractivity contribution is 5.78. The van der Waals surface area contributed by atoms with E-state index in [9.17, 15) is 9.59 Å². The molecule has 2 heterocycles. The van der Waals surface area contributed by atoms with Crippen molar-refractivity contribution in [3.8, 4) is 0 Å². The van der Waals surface area contributed by atoms with Gasteiger partial charge in [0, 0.05) is 44.7 Å². The van der Waals surface area contributed by atoms with Crippen molar-refractivity contribution in [1.29, 1.82) is 0 Å². The van der Waals surface area contributed by atoms with Gasteiger partial charge in [0.15, 0.2) is 0 Å². The van der Waals surface area contributed by atoms with Crippen LogP contribution in [0.15, 0.2) is 0 Å². The maximum absolute atomic E-state index is 12.3. The lowest BCUT2D eigenvalue weighted by Gasteiger charge is -2.41. The standard InChI is InChI=1S/C17H32N4O3/c1-14(22)19-15-5-4-6-20(11-15)12-16(23)18-13-17(2,3)21-7-9-24-10-8-21/h15H,4-13H2,1-3H3,(H,18,23)(H,19,22). The molecule has 138 valence electrons. The first-order valence-electron chi connectivity index (χ1n) is 8.96. The maximum atomic E-state index is 12.3. The Bertz CT molecular complexity index is 436. The summed E-state index contributed by atoms with van der Waals surface area (Å²) >= 11 is 0. The Kier molecular flexibility index (Phi) is 7.01. The molecule has 2 fully saturated rings. The summed E-state index contributed by atoms with van der Waals surface area (Å²) in [5.41, 5.74) is -0.0694.